The van der Waals surface area contributed by atoms with Crippen molar-refractivity contribution in [3.05, 3.63) is 42.2 Å². The maximum absolute atomic E-state index is 5.83. The van der Waals surface area contributed by atoms with Gasteiger partial charge < -0.3 is 29.2 Å². The summed E-state index contributed by atoms with van der Waals surface area (Å²) in [7, 11) is 5.73. The highest BCUT2D eigenvalue weighted by Gasteiger charge is 2.13. The average molecular weight is 463 g/mol. The Morgan fingerprint density at radius 1 is 1.00 bits per heavy atom. The molecule has 8 heteroatoms. The van der Waals surface area contributed by atoms with Crippen molar-refractivity contribution < 1.29 is 18.9 Å². The van der Waals surface area contributed by atoms with Crippen LogP contribution in [0.4, 0.5) is 0 Å². The number of rotatable bonds is 14. The van der Waals surface area contributed by atoms with Gasteiger partial charge in [-0.15, -0.1) is 0 Å². The van der Waals surface area contributed by atoms with Crippen molar-refractivity contribution in [3.63, 3.8) is 0 Å². The van der Waals surface area contributed by atoms with Gasteiger partial charge in [-0.25, -0.2) is 0 Å². The van der Waals surface area contributed by atoms with Crippen LogP contribution in [0.1, 0.15) is 37.7 Å². The summed E-state index contributed by atoms with van der Waals surface area (Å²) in [5.41, 5.74) is 1.23. The van der Waals surface area contributed by atoms with Crippen LogP contribution < -0.4 is 14.8 Å². The lowest BCUT2D eigenvalue weighted by atomic mass is 9.98. The van der Waals surface area contributed by atoms with Gasteiger partial charge in [0.25, 0.3) is 0 Å². The molecule has 33 heavy (non-hydrogen) atoms. The number of hydrogen-bond acceptors (Lipinski definition) is 7. The second-order valence-electron chi connectivity index (χ2n) is 8.24. The van der Waals surface area contributed by atoms with Gasteiger partial charge >= 0.3 is 0 Å². The summed E-state index contributed by atoms with van der Waals surface area (Å²) in [6.07, 6.45) is 10.6. The normalized spacial score (nSPS) is 14.1. The number of likely N-dealkylation sites (N-methyl/N-ethyl adjacent to an activating group) is 2. The molecule has 0 radical (unpaired) electrons. The van der Waals surface area contributed by atoms with E-state index in [2.05, 4.69) is 27.5 Å². The van der Waals surface area contributed by atoms with E-state index < -0.39 is 0 Å². The van der Waals surface area contributed by atoms with Crippen molar-refractivity contribution in [2.24, 2.45) is 0 Å². The molecule has 0 aliphatic heterocycles. The Morgan fingerprint density at radius 2 is 1.67 bits per heavy atom. The van der Waals surface area contributed by atoms with Crippen molar-refractivity contribution in [3.8, 4) is 11.5 Å². The Balaban J connectivity index is 0.000000273. The fourth-order valence-electron chi connectivity index (χ4n) is 3.54. The number of aromatic nitrogens is 2. The maximum Gasteiger partial charge on any atom is 0.119 e. The summed E-state index contributed by atoms with van der Waals surface area (Å²) < 4.78 is 21.9. The van der Waals surface area contributed by atoms with Gasteiger partial charge in [0.1, 0.15) is 24.7 Å². The molecule has 2 N–H and O–H groups in total. The van der Waals surface area contributed by atoms with E-state index in [9.17, 15) is 0 Å². The number of methoxy groups -OCH3 is 1. The minimum Gasteiger partial charge on any atom is -0.491 e. The van der Waals surface area contributed by atoms with Crippen molar-refractivity contribution in [1.29, 1.82) is 0 Å². The highest BCUT2D eigenvalue weighted by molar-refractivity contribution is 5.31. The van der Waals surface area contributed by atoms with Gasteiger partial charge in [-0.05, 0) is 51.2 Å². The summed E-state index contributed by atoms with van der Waals surface area (Å²) >= 11 is 0. The van der Waals surface area contributed by atoms with Crippen LogP contribution in [0.15, 0.2) is 36.7 Å². The minimum atomic E-state index is 0.443. The SMILES string of the molecule is CNCCN(C)Cc1cn[nH]c1.COCCOc1ccc(OCCOC2CCCCC2)cc1. The first-order valence-electron chi connectivity index (χ1n) is 12.0. The van der Waals surface area contributed by atoms with Crippen molar-refractivity contribution in [1.82, 2.24) is 20.4 Å². The van der Waals surface area contributed by atoms with E-state index in [0.717, 1.165) is 31.1 Å². The number of nitrogens with one attached hydrogen (secondary N) is 2. The highest BCUT2D eigenvalue weighted by Crippen LogP contribution is 2.20. The first-order valence-corrected chi connectivity index (χ1v) is 12.0. The van der Waals surface area contributed by atoms with Crippen LogP contribution in [-0.4, -0.2) is 81.9 Å². The topological polar surface area (TPSA) is 80.9 Å². The van der Waals surface area contributed by atoms with E-state index in [4.69, 9.17) is 18.9 Å². The molecule has 1 aromatic heterocycles. The van der Waals surface area contributed by atoms with Gasteiger partial charge in [0.2, 0.25) is 0 Å². The minimum absolute atomic E-state index is 0.443. The standard InChI is InChI=1S/C17H26O4.C8H16N4/c1-18-11-12-19-16-7-9-17(10-8-16)21-14-13-20-15-5-3-2-4-6-15;1-9-3-4-12(2)7-8-5-10-11-6-8/h7-10,15H,2-6,11-14H2,1H3;5-6,9H,3-4,7H2,1-2H3,(H,10,11). The van der Waals surface area contributed by atoms with Gasteiger partial charge in [-0.2, -0.15) is 5.10 Å². The summed E-state index contributed by atoms with van der Waals surface area (Å²) in [4.78, 5) is 2.25. The third-order valence-corrected chi connectivity index (χ3v) is 5.39. The first kappa shape index (κ1) is 27.1. The van der Waals surface area contributed by atoms with Crippen LogP contribution >= 0.6 is 0 Å². The third-order valence-electron chi connectivity index (χ3n) is 5.39. The molecule has 0 amide bonds. The van der Waals surface area contributed by atoms with Crippen molar-refractivity contribution in [2.75, 3.05) is 60.7 Å². The van der Waals surface area contributed by atoms with Gasteiger partial charge in [-0.1, -0.05) is 19.3 Å². The Bertz CT molecular complexity index is 691. The molecule has 1 fully saturated rings. The molecular formula is C25H42N4O4. The largest absolute Gasteiger partial charge is 0.491 e. The molecule has 0 saturated heterocycles. The molecule has 0 bridgehead atoms. The lowest BCUT2D eigenvalue weighted by Gasteiger charge is -2.21. The molecule has 1 saturated carbocycles. The van der Waals surface area contributed by atoms with Gasteiger partial charge in [-0.3, -0.25) is 5.10 Å². The molecule has 1 aliphatic rings. The predicted molar refractivity (Wildman–Crippen MR) is 131 cm³/mol. The lowest BCUT2D eigenvalue weighted by Crippen LogP contribution is -2.26. The second kappa shape index (κ2) is 17.4. The molecule has 0 unspecified atom stereocenters. The summed E-state index contributed by atoms with van der Waals surface area (Å²) in [5, 5.41) is 9.80. The summed E-state index contributed by atoms with van der Waals surface area (Å²) in [6, 6.07) is 7.66. The third kappa shape index (κ3) is 12.6. The van der Waals surface area contributed by atoms with E-state index in [1.165, 1.54) is 37.7 Å². The molecule has 1 heterocycles. The van der Waals surface area contributed by atoms with E-state index >= 15 is 0 Å². The van der Waals surface area contributed by atoms with Crippen LogP contribution in [0.3, 0.4) is 0 Å². The predicted octanol–water partition coefficient (Wildman–Crippen LogP) is 3.50. The summed E-state index contributed by atoms with van der Waals surface area (Å²) in [6.45, 7) is 5.45. The number of hydrogen-bond donors (Lipinski definition) is 2. The molecular weight excluding hydrogens is 420 g/mol. The molecule has 1 aliphatic carbocycles. The van der Waals surface area contributed by atoms with Crippen LogP contribution in [-0.2, 0) is 16.0 Å². The monoisotopic (exact) mass is 462 g/mol. The number of H-pyrrole nitrogens is 1. The van der Waals surface area contributed by atoms with Crippen LogP contribution in [0.25, 0.3) is 0 Å². The molecule has 186 valence electrons. The van der Waals surface area contributed by atoms with Crippen LogP contribution in [0.2, 0.25) is 0 Å². The Hall–Kier alpha value is -2.13. The van der Waals surface area contributed by atoms with E-state index in [0.29, 0.717) is 32.5 Å². The zero-order valence-electron chi connectivity index (χ0n) is 20.6. The smallest absolute Gasteiger partial charge is 0.119 e. The van der Waals surface area contributed by atoms with E-state index in [1.54, 1.807) is 7.11 Å². The van der Waals surface area contributed by atoms with Gasteiger partial charge in [0, 0.05) is 38.5 Å². The Morgan fingerprint density at radius 3 is 2.24 bits per heavy atom. The fraction of sp³-hybridized carbons (Fsp3) is 0.640. The average Bonchev–Trinajstić information content (AvgIpc) is 3.36. The number of aromatic amines is 1. The van der Waals surface area contributed by atoms with Crippen LogP contribution in [0, 0.1) is 0 Å². The zero-order valence-corrected chi connectivity index (χ0v) is 20.6. The molecule has 2 aromatic rings. The molecule has 0 spiro atoms. The second-order valence-corrected chi connectivity index (χ2v) is 8.24. The first-order chi connectivity index (χ1) is 16.2. The number of benzene rings is 1. The lowest BCUT2D eigenvalue weighted by molar-refractivity contribution is 0.0129. The van der Waals surface area contributed by atoms with Gasteiger partial charge in [0.05, 0.1) is 25.5 Å². The number of nitrogens with zero attached hydrogens (tertiary/aromatic N) is 2. The number of ether oxygens (including phenoxy) is 4. The fourth-order valence-corrected chi connectivity index (χ4v) is 3.54. The van der Waals surface area contributed by atoms with E-state index in [1.807, 2.05) is 43.7 Å². The van der Waals surface area contributed by atoms with Crippen molar-refractivity contribution >= 4 is 0 Å². The van der Waals surface area contributed by atoms with E-state index in [-0.39, 0.29) is 0 Å². The molecule has 0 atom stereocenters. The highest BCUT2D eigenvalue weighted by atomic mass is 16.5. The molecule has 1 aromatic carbocycles. The van der Waals surface area contributed by atoms with Crippen molar-refractivity contribution in [2.45, 2.75) is 44.8 Å². The zero-order chi connectivity index (χ0) is 23.6. The maximum atomic E-state index is 5.83. The van der Waals surface area contributed by atoms with Crippen LogP contribution in [0.5, 0.6) is 11.5 Å². The Kier molecular flexibility index (Phi) is 14.3. The summed E-state index contributed by atoms with van der Waals surface area (Å²) in [5.74, 6) is 1.68. The van der Waals surface area contributed by atoms with Gasteiger partial charge in [0.15, 0.2) is 0 Å². The molecule has 8 nitrogen and oxygen atoms in total. The quantitative estimate of drug-likeness (QED) is 0.416. The molecule has 3 rings (SSSR count). The Labute approximate surface area is 198 Å².